The molecular formula is C30H28ClFN4O7S. The van der Waals surface area contributed by atoms with Crippen LogP contribution in [-0.2, 0) is 22.4 Å². The monoisotopic (exact) mass is 642 g/mol. The zero-order chi connectivity index (χ0) is 31.7. The van der Waals surface area contributed by atoms with Gasteiger partial charge < -0.3 is 29.8 Å². The summed E-state index contributed by atoms with van der Waals surface area (Å²) in [7, 11) is -3.40. The molecule has 0 aliphatic carbocycles. The van der Waals surface area contributed by atoms with Gasteiger partial charge in [-0.25, -0.2) is 22.8 Å². The molecule has 3 aromatic carbocycles. The van der Waals surface area contributed by atoms with Crippen molar-refractivity contribution in [2.45, 2.75) is 25.2 Å². The first-order valence-corrected chi connectivity index (χ1v) is 15.6. The van der Waals surface area contributed by atoms with Crippen LogP contribution in [0.4, 0.5) is 15.9 Å². The zero-order valence-electron chi connectivity index (χ0n) is 23.5. The number of rotatable bonds is 11. The molecule has 0 radical (unpaired) electrons. The topological polar surface area (TPSA) is 167 Å². The van der Waals surface area contributed by atoms with E-state index in [0.717, 1.165) is 18.4 Å². The molecule has 14 heteroatoms. The molecule has 0 aliphatic rings. The Morgan fingerprint density at radius 2 is 1.82 bits per heavy atom. The van der Waals surface area contributed by atoms with E-state index in [4.69, 9.17) is 20.8 Å². The summed E-state index contributed by atoms with van der Waals surface area (Å²) in [6.07, 6.45) is 2.44. The van der Waals surface area contributed by atoms with E-state index in [-0.39, 0.29) is 22.9 Å². The first-order chi connectivity index (χ1) is 20.7. The van der Waals surface area contributed by atoms with E-state index in [9.17, 15) is 28.1 Å². The summed E-state index contributed by atoms with van der Waals surface area (Å²) in [5, 5.41) is 37.7. The Balaban J connectivity index is 1.33. The minimum atomic E-state index is -3.40. The molecule has 0 aliphatic heterocycles. The lowest BCUT2D eigenvalue weighted by molar-refractivity contribution is -0.304. The fourth-order valence-electron chi connectivity index (χ4n) is 4.48. The standard InChI is InChI=1S/C30H28ClFN4O7S/c1-29(37,16-44(2,40)41)35-15-22-8-11-26(42-22)18-6-9-25-23(12-18)28(34-17-33-25)36-21-7-10-27(24(31)14-21)43-30(38,39)19-4-3-5-20(32)13-19/h3-14,17,35,37-39H,15-16H2,1-2H3,(H,33,34,36). The van der Waals surface area contributed by atoms with Crippen molar-refractivity contribution in [1.29, 1.82) is 0 Å². The third-order valence-corrected chi connectivity index (χ3v) is 7.80. The predicted molar refractivity (Wildman–Crippen MR) is 162 cm³/mol. The largest absolute Gasteiger partial charge is 0.460 e. The van der Waals surface area contributed by atoms with Gasteiger partial charge in [0, 0.05) is 22.9 Å². The molecule has 0 spiro atoms. The number of anilines is 2. The van der Waals surface area contributed by atoms with Crippen LogP contribution in [0.5, 0.6) is 5.75 Å². The lowest BCUT2D eigenvalue weighted by Gasteiger charge is -2.24. The minimum Gasteiger partial charge on any atom is -0.460 e. The summed E-state index contributed by atoms with van der Waals surface area (Å²) in [4.78, 5) is 8.68. The SMILES string of the molecule is CC(O)(CS(C)(=O)=O)NCc1ccc(-c2ccc3ncnc(Nc4ccc(OC(O)(O)c5cccc(F)c5)c(Cl)c4)c3c2)o1. The summed E-state index contributed by atoms with van der Waals surface area (Å²) >= 11 is 6.37. The predicted octanol–water partition coefficient (Wildman–Crippen LogP) is 4.44. The Bertz CT molecular complexity index is 1930. The van der Waals surface area contributed by atoms with Crippen LogP contribution in [0.3, 0.4) is 0 Å². The second kappa shape index (κ2) is 12.1. The molecule has 5 rings (SSSR count). The molecule has 5 aromatic rings. The highest BCUT2D eigenvalue weighted by Crippen LogP contribution is 2.35. The number of hydrogen-bond acceptors (Lipinski definition) is 11. The van der Waals surface area contributed by atoms with Crippen molar-refractivity contribution in [3.8, 4) is 17.1 Å². The Hall–Kier alpha value is -4.11. The molecule has 1 unspecified atom stereocenters. The van der Waals surface area contributed by atoms with Crippen LogP contribution in [-0.4, -0.2) is 51.4 Å². The van der Waals surface area contributed by atoms with Gasteiger partial charge in [0.05, 0.1) is 28.4 Å². The molecule has 0 amide bonds. The van der Waals surface area contributed by atoms with E-state index in [1.165, 1.54) is 37.5 Å². The van der Waals surface area contributed by atoms with E-state index in [1.807, 2.05) is 12.1 Å². The van der Waals surface area contributed by atoms with Crippen LogP contribution in [0.25, 0.3) is 22.2 Å². The lowest BCUT2D eigenvalue weighted by atomic mass is 10.1. The average Bonchev–Trinajstić information content (AvgIpc) is 3.42. The van der Waals surface area contributed by atoms with Gasteiger partial charge in [-0.2, -0.15) is 0 Å². The highest BCUT2D eigenvalue weighted by Gasteiger charge is 2.30. The molecule has 2 aromatic heterocycles. The van der Waals surface area contributed by atoms with E-state index in [0.29, 0.717) is 39.5 Å². The van der Waals surface area contributed by atoms with Crippen LogP contribution in [0.15, 0.2) is 83.5 Å². The number of aromatic nitrogens is 2. The molecule has 230 valence electrons. The quantitative estimate of drug-likeness (QED) is 0.129. The van der Waals surface area contributed by atoms with E-state index >= 15 is 0 Å². The molecule has 1 atom stereocenters. The maximum absolute atomic E-state index is 13.6. The van der Waals surface area contributed by atoms with E-state index < -0.39 is 33.1 Å². The minimum absolute atomic E-state index is 0.0465. The fourth-order valence-corrected chi connectivity index (χ4v) is 5.82. The molecule has 44 heavy (non-hydrogen) atoms. The van der Waals surface area contributed by atoms with Gasteiger partial charge in [-0.3, -0.25) is 5.32 Å². The molecule has 0 saturated heterocycles. The van der Waals surface area contributed by atoms with Gasteiger partial charge in [0.1, 0.15) is 41.0 Å². The van der Waals surface area contributed by atoms with Gasteiger partial charge in [-0.15, -0.1) is 0 Å². The maximum Gasteiger partial charge on any atom is 0.351 e. The normalized spacial score (nSPS) is 13.5. The third-order valence-electron chi connectivity index (χ3n) is 6.42. The summed E-state index contributed by atoms with van der Waals surface area (Å²) in [6.45, 7) is 1.48. The molecule has 0 saturated carbocycles. The molecule has 5 N–H and O–H groups in total. The van der Waals surface area contributed by atoms with Crippen LogP contribution in [0.1, 0.15) is 18.2 Å². The second-order valence-corrected chi connectivity index (χ2v) is 13.0. The van der Waals surface area contributed by atoms with Gasteiger partial charge >= 0.3 is 5.97 Å². The zero-order valence-corrected chi connectivity index (χ0v) is 25.0. The molecule has 2 heterocycles. The summed E-state index contributed by atoms with van der Waals surface area (Å²) in [5.41, 5.74) is 0.0223. The Kier molecular flexibility index (Phi) is 8.62. The Labute approximate surface area is 256 Å². The number of fused-ring (bicyclic) bond motifs is 1. The Morgan fingerprint density at radius 3 is 2.55 bits per heavy atom. The van der Waals surface area contributed by atoms with Crippen LogP contribution >= 0.6 is 11.6 Å². The van der Waals surface area contributed by atoms with E-state index in [2.05, 4.69) is 20.6 Å². The Morgan fingerprint density at radius 1 is 1.02 bits per heavy atom. The van der Waals surface area contributed by atoms with Crippen molar-refractivity contribution in [3.05, 3.63) is 101 Å². The summed E-state index contributed by atoms with van der Waals surface area (Å²) in [6, 6.07) is 18.2. The number of furan rings is 1. The molecule has 11 nitrogen and oxygen atoms in total. The number of benzene rings is 3. The van der Waals surface area contributed by atoms with Gasteiger partial charge in [0.2, 0.25) is 0 Å². The average molecular weight is 643 g/mol. The first-order valence-electron chi connectivity index (χ1n) is 13.1. The van der Waals surface area contributed by atoms with Crippen molar-refractivity contribution in [3.63, 3.8) is 0 Å². The summed E-state index contributed by atoms with van der Waals surface area (Å²) < 4.78 is 47.9. The van der Waals surface area contributed by atoms with E-state index in [1.54, 1.807) is 24.3 Å². The van der Waals surface area contributed by atoms with Crippen LogP contribution in [0.2, 0.25) is 5.02 Å². The maximum atomic E-state index is 13.6. The van der Waals surface area contributed by atoms with Gasteiger partial charge in [0.25, 0.3) is 0 Å². The molecule has 0 fully saturated rings. The number of aliphatic hydroxyl groups is 3. The van der Waals surface area contributed by atoms with Crippen molar-refractivity contribution < 1.29 is 37.3 Å². The molecular weight excluding hydrogens is 615 g/mol. The fraction of sp³-hybridized carbons (Fsp3) is 0.200. The number of nitrogens with one attached hydrogen (secondary N) is 2. The smallest absolute Gasteiger partial charge is 0.351 e. The highest BCUT2D eigenvalue weighted by molar-refractivity contribution is 7.90. The summed E-state index contributed by atoms with van der Waals surface area (Å²) in [5.74, 6) is -2.53. The third kappa shape index (κ3) is 7.69. The second-order valence-electron chi connectivity index (χ2n) is 10.4. The first kappa shape index (κ1) is 31.3. The van der Waals surface area contributed by atoms with Crippen LogP contribution in [0, 0.1) is 5.82 Å². The van der Waals surface area contributed by atoms with Gasteiger partial charge in [0.15, 0.2) is 9.84 Å². The van der Waals surface area contributed by atoms with Gasteiger partial charge in [-0.1, -0.05) is 17.7 Å². The van der Waals surface area contributed by atoms with Crippen LogP contribution < -0.4 is 15.4 Å². The van der Waals surface area contributed by atoms with Gasteiger partial charge in [-0.05, 0) is 73.7 Å². The van der Waals surface area contributed by atoms with Crippen molar-refractivity contribution >= 4 is 43.8 Å². The number of nitrogens with zero attached hydrogens (tertiary/aromatic N) is 2. The number of ether oxygens (including phenoxy) is 1. The number of halogens is 2. The lowest BCUT2D eigenvalue weighted by Crippen LogP contribution is -2.47. The highest BCUT2D eigenvalue weighted by atomic mass is 35.5. The number of sulfone groups is 1. The van der Waals surface area contributed by atoms with Crippen molar-refractivity contribution in [2.24, 2.45) is 0 Å². The number of hydrogen-bond donors (Lipinski definition) is 5. The molecule has 0 bridgehead atoms. The van der Waals surface area contributed by atoms with Crippen molar-refractivity contribution in [1.82, 2.24) is 15.3 Å². The van der Waals surface area contributed by atoms with Crippen molar-refractivity contribution in [2.75, 3.05) is 17.3 Å².